The van der Waals surface area contributed by atoms with E-state index in [4.69, 9.17) is 9.84 Å². The average molecular weight is 652 g/mol. The zero-order valence-electron chi connectivity index (χ0n) is 26.9. The predicted molar refractivity (Wildman–Crippen MR) is 184 cm³/mol. The third kappa shape index (κ3) is 9.42. The molecule has 0 bridgehead atoms. The number of para-hydroxylation sites is 4. The van der Waals surface area contributed by atoms with E-state index in [1.54, 1.807) is 80.8 Å². The van der Waals surface area contributed by atoms with Gasteiger partial charge < -0.3 is 30.3 Å². The molecule has 0 atom stereocenters. The Hall–Kier alpha value is -6.17. The van der Waals surface area contributed by atoms with Crippen molar-refractivity contribution in [3.8, 4) is 5.75 Å². The van der Waals surface area contributed by atoms with Gasteiger partial charge >= 0.3 is 12.0 Å². The summed E-state index contributed by atoms with van der Waals surface area (Å²) in [5, 5.41) is 14.1. The molecule has 12 heteroatoms. The van der Waals surface area contributed by atoms with Gasteiger partial charge in [-0.3, -0.25) is 24.1 Å². The van der Waals surface area contributed by atoms with Crippen LogP contribution in [0.5, 0.6) is 5.75 Å². The Morgan fingerprint density at radius 3 is 2.10 bits per heavy atom. The second kappa shape index (κ2) is 16.4. The van der Waals surface area contributed by atoms with E-state index < -0.39 is 36.9 Å². The normalized spacial score (nSPS) is 10.4. The Kier molecular flexibility index (Phi) is 11.9. The number of hydrogen-bond donors (Lipinski definition) is 3. The number of hydrogen-bond acceptors (Lipinski definition) is 6. The second-order valence-electron chi connectivity index (χ2n) is 10.8. The molecule has 4 aromatic carbocycles. The molecule has 4 aromatic rings. The minimum Gasteiger partial charge on any atom is -0.482 e. The molecule has 0 spiro atoms. The van der Waals surface area contributed by atoms with Crippen LogP contribution in [0.25, 0.3) is 0 Å². The van der Waals surface area contributed by atoms with Gasteiger partial charge in [-0.05, 0) is 60.5 Å². The Morgan fingerprint density at radius 1 is 0.729 bits per heavy atom. The lowest BCUT2D eigenvalue weighted by Crippen LogP contribution is -2.46. The first-order valence-electron chi connectivity index (χ1n) is 15.0. The lowest BCUT2D eigenvalue weighted by atomic mass is 10.1. The number of nitrogens with zero attached hydrogens (tertiary/aromatic N) is 3. The van der Waals surface area contributed by atoms with Gasteiger partial charge in [-0.1, -0.05) is 60.7 Å². The van der Waals surface area contributed by atoms with Crippen LogP contribution in [0.3, 0.4) is 0 Å². The second-order valence-corrected chi connectivity index (χ2v) is 10.8. The number of carbonyl (C=O) groups is 5. The van der Waals surface area contributed by atoms with Crippen LogP contribution < -0.4 is 30.1 Å². The average Bonchev–Trinajstić information content (AvgIpc) is 3.08. The number of rotatable bonds is 13. The van der Waals surface area contributed by atoms with Crippen LogP contribution in [-0.4, -0.2) is 68.6 Å². The van der Waals surface area contributed by atoms with E-state index in [1.165, 1.54) is 20.8 Å². The highest BCUT2D eigenvalue weighted by molar-refractivity contribution is 6.06. The topological polar surface area (TPSA) is 149 Å². The quantitative estimate of drug-likeness (QED) is 0.193. The summed E-state index contributed by atoms with van der Waals surface area (Å²) in [5.41, 5.74) is 3.32. The summed E-state index contributed by atoms with van der Waals surface area (Å²) >= 11 is 0. The first-order valence-corrected chi connectivity index (χ1v) is 15.0. The minimum absolute atomic E-state index is 0.187. The van der Waals surface area contributed by atoms with Gasteiger partial charge in [-0.25, -0.2) is 4.79 Å². The molecule has 0 heterocycles. The van der Waals surface area contributed by atoms with E-state index >= 15 is 0 Å². The zero-order chi connectivity index (χ0) is 34.6. The third-order valence-electron chi connectivity index (χ3n) is 7.41. The van der Waals surface area contributed by atoms with E-state index in [0.717, 1.165) is 11.3 Å². The summed E-state index contributed by atoms with van der Waals surface area (Å²) in [6, 6.07) is 28.5. The maximum Gasteiger partial charge on any atom is 0.319 e. The van der Waals surface area contributed by atoms with Crippen molar-refractivity contribution in [2.45, 2.75) is 13.3 Å². The highest BCUT2D eigenvalue weighted by Gasteiger charge is 2.25. The molecule has 0 saturated carbocycles. The number of likely N-dealkylation sites (N-methyl/N-ethyl adjacent to an activating group) is 2. The van der Waals surface area contributed by atoms with E-state index in [2.05, 4.69) is 10.6 Å². The standard InChI is InChI=1S/C36H37N5O7/c1-25-12-7-8-17-29(25)40(3)34(44)24-48-31-19-10-9-18-30(31)41(23-33(43)39(2)28-15-5-4-6-16-28)32(42)22-37-36(47)38-27-14-11-13-26(20-27)21-35(45)46/h4-20H,21-24H2,1-3H3,(H,45,46)(H2,37,38,47). The van der Waals surface area contributed by atoms with Gasteiger partial charge in [0.05, 0.1) is 18.7 Å². The Balaban J connectivity index is 1.52. The number of anilines is 4. The van der Waals surface area contributed by atoms with Crippen LogP contribution >= 0.6 is 0 Å². The molecule has 4 rings (SSSR count). The van der Waals surface area contributed by atoms with Crippen LogP contribution in [0, 0.1) is 6.92 Å². The fourth-order valence-corrected chi connectivity index (χ4v) is 4.82. The van der Waals surface area contributed by atoms with Gasteiger partial charge in [0, 0.05) is 31.2 Å². The van der Waals surface area contributed by atoms with E-state index in [1.807, 2.05) is 37.3 Å². The van der Waals surface area contributed by atoms with Crippen molar-refractivity contribution in [1.82, 2.24) is 5.32 Å². The molecule has 0 radical (unpaired) electrons. The number of nitrogens with one attached hydrogen (secondary N) is 2. The molecule has 0 saturated heterocycles. The number of carboxylic acid groups (broad SMARTS) is 1. The summed E-state index contributed by atoms with van der Waals surface area (Å²) in [6.45, 7) is 0.658. The fourth-order valence-electron chi connectivity index (χ4n) is 4.82. The van der Waals surface area contributed by atoms with Crippen molar-refractivity contribution >= 4 is 52.5 Å². The molecule has 248 valence electrons. The Morgan fingerprint density at radius 2 is 1.40 bits per heavy atom. The zero-order valence-corrected chi connectivity index (χ0v) is 26.9. The van der Waals surface area contributed by atoms with Crippen LogP contribution in [0.15, 0.2) is 103 Å². The number of carboxylic acids is 1. The van der Waals surface area contributed by atoms with Crippen LogP contribution in [0.1, 0.15) is 11.1 Å². The number of carbonyl (C=O) groups excluding carboxylic acids is 4. The van der Waals surface area contributed by atoms with Crippen LogP contribution in [0.2, 0.25) is 0 Å². The molecule has 0 aliphatic heterocycles. The summed E-state index contributed by atoms with van der Waals surface area (Å²) in [7, 11) is 3.24. The summed E-state index contributed by atoms with van der Waals surface area (Å²) < 4.78 is 5.93. The molecule has 0 aliphatic rings. The highest BCUT2D eigenvalue weighted by atomic mass is 16.5. The van der Waals surface area contributed by atoms with Crippen molar-refractivity contribution < 1.29 is 33.8 Å². The molecule has 5 amide bonds. The number of amides is 5. The summed E-state index contributed by atoms with van der Waals surface area (Å²) in [5.74, 6) is -2.20. The molecule has 0 aromatic heterocycles. The number of benzene rings is 4. The largest absolute Gasteiger partial charge is 0.482 e. The summed E-state index contributed by atoms with van der Waals surface area (Å²) in [4.78, 5) is 68.1. The number of urea groups is 1. The van der Waals surface area contributed by atoms with Gasteiger partial charge in [-0.15, -0.1) is 0 Å². The van der Waals surface area contributed by atoms with Crippen LogP contribution in [0.4, 0.5) is 27.5 Å². The number of aliphatic carboxylic acids is 1. The maximum absolute atomic E-state index is 13.7. The van der Waals surface area contributed by atoms with Gasteiger partial charge in [0.2, 0.25) is 11.8 Å². The van der Waals surface area contributed by atoms with Crippen molar-refractivity contribution in [2.75, 3.05) is 53.8 Å². The van der Waals surface area contributed by atoms with E-state index in [0.29, 0.717) is 16.9 Å². The van der Waals surface area contributed by atoms with Crippen molar-refractivity contribution in [3.05, 3.63) is 114 Å². The van der Waals surface area contributed by atoms with Gasteiger partial charge in [0.25, 0.3) is 5.91 Å². The molecule has 3 N–H and O–H groups in total. The molecular weight excluding hydrogens is 614 g/mol. The minimum atomic E-state index is -1.01. The lowest BCUT2D eigenvalue weighted by Gasteiger charge is -2.27. The SMILES string of the molecule is Cc1ccccc1N(C)C(=O)COc1ccccc1N(CC(=O)N(C)c1ccccc1)C(=O)CNC(=O)Nc1cccc(CC(=O)O)c1. The maximum atomic E-state index is 13.7. The van der Waals surface area contributed by atoms with E-state index in [9.17, 15) is 24.0 Å². The summed E-state index contributed by atoms with van der Waals surface area (Å²) in [6.07, 6.45) is -0.217. The van der Waals surface area contributed by atoms with Gasteiger partial charge in [0.1, 0.15) is 12.3 Å². The highest BCUT2D eigenvalue weighted by Crippen LogP contribution is 2.29. The Bertz CT molecular complexity index is 1780. The molecule has 12 nitrogen and oxygen atoms in total. The van der Waals surface area contributed by atoms with Crippen molar-refractivity contribution in [1.29, 1.82) is 0 Å². The molecule has 48 heavy (non-hydrogen) atoms. The predicted octanol–water partition coefficient (Wildman–Crippen LogP) is 4.48. The first-order chi connectivity index (χ1) is 23.0. The number of ether oxygens (including phenoxy) is 1. The Labute approximate surface area is 278 Å². The third-order valence-corrected chi connectivity index (χ3v) is 7.41. The number of aryl methyl sites for hydroxylation is 1. The van der Waals surface area contributed by atoms with Crippen LogP contribution in [-0.2, 0) is 25.6 Å². The lowest BCUT2D eigenvalue weighted by molar-refractivity contribution is -0.136. The monoisotopic (exact) mass is 651 g/mol. The molecule has 0 aliphatic carbocycles. The molecular formula is C36H37N5O7. The fraction of sp³-hybridized carbons (Fsp3) is 0.194. The van der Waals surface area contributed by atoms with Gasteiger partial charge in [-0.2, -0.15) is 0 Å². The first kappa shape index (κ1) is 34.7. The molecule has 0 unspecified atom stereocenters. The van der Waals surface area contributed by atoms with E-state index in [-0.39, 0.29) is 30.4 Å². The van der Waals surface area contributed by atoms with Crippen molar-refractivity contribution in [3.63, 3.8) is 0 Å². The molecule has 0 fully saturated rings. The van der Waals surface area contributed by atoms with Crippen molar-refractivity contribution in [2.24, 2.45) is 0 Å². The smallest absolute Gasteiger partial charge is 0.319 e. The van der Waals surface area contributed by atoms with Gasteiger partial charge in [0.15, 0.2) is 6.61 Å².